The standard InChI is InChI=1S/C57H68F3N11O6S2/c1-34-50(78-33-64-34)38-17-15-36(16-18-38)28-63-53(73)44-27-57(6,7)32-71(44)54(74)51(56(3,4)5)66-46(72)14-12-10-9-11-13-25-70-31-40(29-65-70)42-30-62-52(61)47-48(67-69(8)49(42)47)39-21-24-43(68-79(75,76)55(59)60)45(26-39)77-35(2)37-19-22-41(58)23-20-37/h15-24,26,29-31,33,35,44,51,55,68H,9-14,25,27-28,32H2,1-8H3,(H2,61,62)(H,63,73)(H,66,72)/t35-,44-,51+/m0/s1. The normalized spacial score (nSPS) is 15.3. The SMILES string of the molecule is Cc1ncsc1-c1ccc(CNC(=O)[C@@H]2CC(C)(C)CN2C(=O)[C@@H](NC(=O)CCCCCCCn2cc(-c3cnc(N)c4c(-c5ccc(NS(=O)(=O)C(F)F)c(O[C@@H](C)c6ccc(F)cc6)c5)nn(C)c34)cn2)C(C)(C)C)cc1. The lowest BCUT2D eigenvalue weighted by Crippen LogP contribution is -2.57. The van der Waals surface area contributed by atoms with Gasteiger partial charge in [0.2, 0.25) is 17.7 Å². The fourth-order valence-corrected chi connectivity index (χ4v) is 11.3. The molecule has 3 aromatic carbocycles. The van der Waals surface area contributed by atoms with Crippen LogP contribution in [0.3, 0.4) is 0 Å². The number of nitrogen functional groups attached to an aromatic ring is 1. The van der Waals surface area contributed by atoms with Gasteiger partial charge in [0, 0.05) is 62.2 Å². The number of anilines is 2. The van der Waals surface area contributed by atoms with Gasteiger partial charge < -0.3 is 26.0 Å². The third kappa shape index (κ3) is 13.8. The molecule has 1 saturated heterocycles. The lowest BCUT2D eigenvalue weighted by molar-refractivity contribution is -0.144. The average molecular weight is 1120 g/mol. The second-order valence-corrected chi connectivity index (χ2v) is 24.6. The minimum Gasteiger partial charge on any atom is -0.484 e. The third-order valence-corrected chi connectivity index (χ3v) is 16.1. The zero-order valence-electron chi connectivity index (χ0n) is 45.6. The molecule has 420 valence electrons. The lowest BCUT2D eigenvalue weighted by Gasteiger charge is -2.35. The van der Waals surface area contributed by atoms with Gasteiger partial charge in [-0.1, -0.05) is 96.3 Å². The summed E-state index contributed by atoms with van der Waals surface area (Å²) in [7, 11) is -3.33. The van der Waals surface area contributed by atoms with Crippen molar-refractivity contribution in [3.8, 4) is 38.6 Å². The number of carbonyl (C=O) groups excluding carboxylic acids is 3. The fraction of sp³-hybridized carbons (Fsp3) is 0.421. The molecule has 4 aromatic heterocycles. The molecule has 0 unspecified atom stereocenters. The number of alkyl halides is 2. The van der Waals surface area contributed by atoms with Crippen LogP contribution in [-0.2, 0) is 44.5 Å². The number of pyridine rings is 1. The average Bonchev–Trinajstić information content (AvgIpc) is 4.36. The van der Waals surface area contributed by atoms with Crippen molar-refractivity contribution in [3.05, 3.63) is 113 Å². The molecule has 0 radical (unpaired) electrons. The number of carbonyl (C=O) groups is 3. The number of aromatic nitrogens is 6. The molecule has 1 fully saturated rings. The zero-order chi connectivity index (χ0) is 57.0. The van der Waals surface area contributed by atoms with Crippen molar-refractivity contribution in [2.45, 2.75) is 130 Å². The minimum absolute atomic E-state index is 0.0812. The smallest absolute Gasteiger partial charge is 0.355 e. The molecule has 5 heterocycles. The molecule has 7 aromatic rings. The van der Waals surface area contributed by atoms with E-state index in [9.17, 15) is 36.0 Å². The molecule has 0 saturated carbocycles. The van der Waals surface area contributed by atoms with Crippen molar-refractivity contribution in [3.63, 3.8) is 0 Å². The second kappa shape index (κ2) is 24.0. The number of hydrogen-bond donors (Lipinski definition) is 4. The van der Waals surface area contributed by atoms with Crippen LogP contribution in [0.15, 0.2) is 90.8 Å². The van der Waals surface area contributed by atoms with Gasteiger partial charge in [-0.3, -0.25) is 28.5 Å². The van der Waals surface area contributed by atoms with Gasteiger partial charge in [-0.05, 0) is 84.9 Å². The van der Waals surface area contributed by atoms with Crippen LogP contribution in [0.25, 0.3) is 43.7 Å². The number of nitrogens with one attached hydrogen (secondary N) is 3. The van der Waals surface area contributed by atoms with Crippen molar-refractivity contribution in [2.24, 2.45) is 17.9 Å². The highest BCUT2D eigenvalue weighted by atomic mass is 32.2. The lowest BCUT2D eigenvalue weighted by atomic mass is 9.85. The first-order valence-corrected chi connectivity index (χ1v) is 28.7. The van der Waals surface area contributed by atoms with Gasteiger partial charge >= 0.3 is 5.76 Å². The van der Waals surface area contributed by atoms with Gasteiger partial charge in [-0.2, -0.15) is 19.0 Å². The Labute approximate surface area is 462 Å². The van der Waals surface area contributed by atoms with Gasteiger partial charge in [-0.25, -0.2) is 22.8 Å². The van der Waals surface area contributed by atoms with Crippen molar-refractivity contribution in [1.29, 1.82) is 0 Å². The summed E-state index contributed by atoms with van der Waals surface area (Å²) < 4.78 is 76.8. The predicted octanol–water partition coefficient (Wildman–Crippen LogP) is 10.6. The van der Waals surface area contributed by atoms with E-state index < -0.39 is 45.2 Å². The third-order valence-electron chi connectivity index (χ3n) is 14.2. The fourth-order valence-electron chi connectivity index (χ4n) is 9.95. The Morgan fingerprint density at radius 1 is 0.937 bits per heavy atom. The van der Waals surface area contributed by atoms with Crippen LogP contribution in [0.5, 0.6) is 5.75 Å². The summed E-state index contributed by atoms with van der Waals surface area (Å²) in [4.78, 5) is 53.2. The summed E-state index contributed by atoms with van der Waals surface area (Å²) in [6.45, 7) is 14.9. The zero-order valence-corrected chi connectivity index (χ0v) is 47.3. The molecular weight excluding hydrogens is 1060 g/mol. The molecule has 79 heavy (non-hydrogen) atoms. The van der Waals surface area contributed by atoms with E-state index in [2.05, 4.69) is 39.5 Å². The predicted molar refractivity (Wildman–Crippen MR) is 301 cm³/mol. The number of thiazole rings is 1. The van der Waals surface area contributed by atoms with Crippen molar-refractivity contribution >= 4 is 61.5 Å². The molecule has 1 aliphatic rings. The maximum Gasteiger partial charge on any atom is 0.355 e. The Morgan fingerprint density at radius 3 is 2.32 bits per heavy atom. The van der Waals surface area contributed by atoms with Crippen LogP contribution in [0, 0.1) is 23.6 Å². The summed E-state index contributed by atoms with van der Waals surface area (Å²) in [5.41, 5.74) is 13.6. The number of benzene rings is 3. The van der Waals surface area contributed by atoms with E-state index in [0.29, 0.717) is 65.8 Å². The van der Waals surface area contributed by atoms with Gasteiger partial charge in [0.15, 0.2) is 0 Å². The number of unbranched alkanes of at least 4 members (excludes halogenated alkanes) is 4. The Morgan fingerprint density at radius 2 is 1.63 bits per heavy atom. The Kier molecular flexibility index (Phi) is 17.5. The van der Waals surface area contributed by atoms with Crippen LogP contribution in [0.1, 0.15) is 109 Å². The molecule has 17 nitrogen and oxygen atoms in total. The summed E-state index contributed by atoms with van der Waals surface area (Å²) in [6, 6.07) is 16.3. The summed E-state index contributed by atoms with van der Waals surface area (Å²) in [6.07, 6.45) is 9.35. The molecule has 0 spiro atoms. The highest BCUT2D eigenvalue weighted by molar-refractivity contribution is 7.93. The highest BCUT2D eigenvalue weighted by Gasteiger charge is 2.47. The van der Waals surface area contributed by atoms with Crippen LogP contribution in [-0.4, -0.2) is 85.0 Å². The number of nitrogens with zero attached hydrogens (tertiary/aromatic N) is 7. The van der Waals surface area contributed by atoms with Gasteiger partial charge in [0.25, 0.3) is 10.0 Å². The van der Waals surface area contributed by atoms with Crippen molar-refractivity contribution in [1.82, 2.24) is 45.1 Å². The van der Waals surface area contributed by atoms with E-state index in [-0.39, 0.29) is 46.8 Å². The summed E-state index contributed by atoms with van der Waals surface area (Å²) in [5.74, 6) is -4.77. The monoisotopic (exact) mass is 1120 g/mol. The van der Waals surface area contributed by atoms with Crippen LogP contribution < -0.4 is 25.8 Å². The number of aryl methyl sites for hydroxylation is 3. The first-order valence-electron chi connectivity index (χ1n) is 26.3. The Bertz CT molecular complexity index is 3430. The number of hydrogen-bond acceptors (Lipinski definition) is 12. The van der Waals surface area contributed by atoms with Crippen LogP contribution in [0.2, 0.25) is 0 Å². The van der Waals surface area contributed by atoms with Gasteiger partial charge in [0.1, 0.15) is 41.3 Å². The van der Waals surface area contributed by atoms with Gasteiger partial charge in [0.05, 0.1) is 38.9 Å². The first kappa shape index (κ1) is 57.8. The maximum atomic E-state index is 14.4. The molecule has 3 atom stereocenters. The van der Waals surface area contributed by atoms with Crippen LogP contribution in [0.4, 0.5) is 24.7 Å². The van der Waals surface area contributed by atoms with Crippen molar-refractivity contribution < 1.29 is 40.7 Å². The van der Waals surface area contributed by atoms with E-state index in [1.807, 2.05) is 73.1 Å². The molecule has 5 N–H and O–H groups in total. The van der Waals surface area contributed by atoms with E-state index >= 15 is 0 Å². The quantitative estimate of drug-likeness (QED) is 0.0468. The van der Waals surface area contributed by atoms with E-state index in [4.69, 9.17) is 15.6 Å². The largest absolute Gasteiger partial charge is 0.484 e. The summed E-state index contributed by atoms with van der Waals surface area (Å²) >= 11 is 1.59. The number of amides is 3. The molecule has 0 aliphatic carbocycles. The Hall–Kier alpha value is -7.33. The molecule has 0 bridgehead atoms. The van der Waals surface area contributed by atoms with E-state index in [0.717, 1.165) is 52.9 Å². The molecule has 3 amide bonds. The Balaban J connectivity index is 0.841. The number of ether oxygens (including phenoxy) is 1. The number of nitrogens with two attached hydrogens (primary N) is 1. The minimum atomic E-state index is -5.07. The van der Waals surface area contributed by atoms with Gasteiger partial charge in [-0.15, -0.1) is 11.3 Å². The summed E-state index contributed by atoms with van der Waals surface area (Å²) in [5, 5.41) is 16.0. The number of fused-ring (bicyclic) bond motifs is 1. The number of sulfonamides is 1. The van der Waals surface area contributed by atoms with E-state index in [1.54, 1.807) is 47.3 Å². The molecule has 1 aliphatic heterocycles. The molecular formula is C57H68F3N11O6S2. The second-order valence-electron chi connectivity index (χ2n) is 22.1. The molecule has 8 rings (SSSR count). The van der Waals surface area contributed by atoms with Crippen molar-refractivity contribution in [2.75, 3.05) is 17.0 Å². The maximum absolute atomic E-state index is 14.4. The number of likely N-dealkylation sites (tertiary alicyclic amines) is 1. The number of rotatable bonds is 22. The topological polar surface area (TPSA) is 221 Å². The first-order chi connectivity index (χ1) is 37.4. The van der Waals surface area contributed by atoms with E-state index in [1.165, 1.54) is 42.5 Å². The number of halogens is 3. The van der Waals surface area contributed by atoms with Crippen LogP contribution >= 0.6 is 11.3 Å². The highest BCUT2D eigenvalue weighted by Crippen LogP contribution is 2.41. The molecule has 22 heteroatoms.